The molecule has 2 aromatic rings. The summed E-state index contributed by atoms with van der Waals surface area (Å²) in [5.41, 5.74) is 0.314. The second-order valence-electron chi connectivity index (χ2n) is 4.24. The molecule has 0 amide bonds. The highest BCUT2D eigenvalue weighted by Crippen LogP contribution is 2.21. The lowest BCUT2D eigenvalue weighted by Crippen LogP contribution is -2.10. The molecule has 7 heteroatoms. The first-order valence-corrected chi connectivity index (χ1v) is 8.18. The van der Waals surface area contributed by atoms with E-state index in [-0.39, 0.29) is 17.3 Å². The first kappa shape index (κ1) is 16.3. The average molecular weight is 341 g/mol. The van der Waals surface area contributed by atoms with Crippen LogP contribution in [0.4, 0.5) is 0 Å². The number of ether oxygens (including phenoxy) is 1. The van der Waals surface area contributed by atoms with Crippen molar-refractivity contribution >= 4 is 27.7 Å². The standard InChI is InChI=1S/C15H13ClO5S/c1-2-20-15(17)11-6-8-13(9-7-11)21-22(18,19)14-5-3-4-12(16)10-14/h3-10H,2H2,1H3. The fourth-order valence-corrected chi connectivity index (χ4v) is 2.89. The summed E-state index contributed by atoms with van der Waals surface area (Å²) >= 11 is 5.77. The molecule has 116 valence electrons. The second-order valence-corrected chi connectivity index (χ2v) is 6.22. The molecule has 0 bridgehead atoms. The van der Waals surface area contributed by atoms with Gasteiger partial charge in [-0.25, -0.2) is 4.79 Å². The van der Waals surface area contributed by atoms with Gasteiger partial charge >= 0.3 is 16.1 Å². The summed E-state index contributed by atoms with van der Waals surface area (Å²) in [5, 5.41) is 0.294. The van der Waals surface area contributed by atoms with Crippen LogP contribution in [0.15, 0.2) is 53.4 Å². The van der Waals surface area contributed by atoms with Crippen LogP contribution < -0.4 is 4.18 Å². The number of benzene rings is 2. The summed E-state index contributed by atoms with van der Waals surface area (Å²) in [6.45, 7) is 1.97. The molecule has 0 atom stereocenters. The van der Waals surface area contributed by atoms with Crippen molar-refractivity contribution in [1.29, 1.82) is 0 Å². The molecule has 0 unspecified atom stereocenters. The number of rotatable bonds is 5. The van der Waals surface area contributed by atoms with Gasteiger partial charge in [-0.3, -0.25) is 0 Å². The molecule has 22 heavy (non-hydrogen) atoms. The quantitative estimate of drug-likeness (QED) is 0.617. The fourth-order valence-electron chi connectivity index (χ4n) is 1.66. The highest BCUT2D eigenvalue weighted by atomic mass is 35.5. The molecule has 2 rings (SSSR count). The van der Waals surface area contributed by atoms with Crippen molar-refractivity contribution in [3.05, 3.63) is 59.1 Å². The Morgan fingerprint density at radius 2 is 1.82 bits per heavy atom. The van der Waals surface area contributed by atoms with E-state index in [2.05, 4.69) is 0 Å². The summed E-state index contributed by atoms with van der Waals surface area (Å²) in [6, 6.07) is 11.4. The molecule has 0 heterocycles. The Bertz CT molecular complexity index is 769. The molecule has 0 spiro atoms. The lowest BCUT2D eigenvalue weighted by molar-refractivity contribution is 0.0526. The zero-order chi connectivity index (χ0) is 16.2. The number of carbonyl (C=O) groups is 1. The Kier molecular flexibility index (Phi) is 5.05. The van der Waals surface area contributed by atoms with Crippen LogP contribution in [-0.4, -0.2) is 21.0 Å². The lowest BCUT2D eigenvalue weighted by Gasteiger charge is -2.08. The van der Waals surface area contributed by atoms with Gasteiger partial charge in [0.15, 0.2) is 0 Å². The average Bonchev–Trinajstić information content (AvgIpc) is 2.48. The van der Waals surface area contributed by atoms with E-state index in [9.17, 15) is 13.2 Å². The summed E-state index contributed by atoms with van der Waals surface area (Å²) < 4.78 is 34.0. The maximum absolute atomic E-state index is 12.1. The van der Waals surface area contributed by atoms with Gasteiger partial charge in [0.05, 0.1) is 12.2 Å². The Morgan fingerprint density at radius 1 is 1.14 bits per heavy atom. The first-order valence-electron chi connectivity index (χ1n) is 6.39. The van der Waals surface area contributed by atoms with E-state index in [0.717, 1.165) is 0 Å². The van der Waals surface area contributed by atoms with Crippen LogP contribution in [0.2, 0.25) is 5.02 Å². The normalized spacial score (nSPS) is 11.0. The van der Waals surface area contributed by atoms with Gasteiger partial charge in [0, 0.05) is 5.02 Å². The van der Waals surface area contributed by atoms with Crippen molar-refractivity contribution in [2.45, 2.75) is 11.8 Å². The zero-order valence-electron chi connectivity index (χ0n) is 11.7. The Morgan fingerprint density at radius 3 is 2.41 bits per heavy atom. The van der Waals surface area contributed by atoms with Gasteiger partial charge < -0.3 is 8.92 Å². The van der Waals surface area contributed by atoms with Crippen LogP contribution in [0.25, 0.3) is 0 Å². The van der Waals surface area contributed by atoms with Gasteiger partial charge in [-0.05, 0) is 49.4 Å². The van der Waals surface area contributed by atoms with Crippen LogP contribution >= 0.6 is 11.6 Å². The van der Waals surface area contributed by atoms with Crippen molar-refractivity contribution in [2.75, 3.05) is 6.61 Å². The third-order valence-corrected chi connectivity index (χ3v) is 4.13. The largest absolute Gasteiger partial charge is 0.462 e. The third kappa shape index (κ3) is 3.99. The van der Waals surface area contributed by atoms with E-state index in [4.69, 9.17) is 20.5 Å². The molecule has 0 saturated heterocycles. The van der Waals surface area contributed by atoms with E-state index in [0.29, 0.717) is 10.6 Å². The van der Waals surface area contributed by atoms with Gasteiger partial charge in [-0.2, -0.15) is 8.42 Å². The zero-order valence-corrected chi connectivity index (χ0v) is 13.2. The molecule has 0 aliphatic rings. The lowest BCUT2D eigenvalue weighted by atomic mass is 10.2. The van der Waals surface area contributed by atoms with Gasteiger partial charge in [-0.1, -0.05) is 17.7 Å². The van der Waals surface area contributed by atoms with Crippen molar-refractivity contribution in [3.63, 3.8) is 0 Å². The maximum atomic E-state index is 12.1. The van der Waals surface area contributed by atoms with Crippen LogP contribution in [-0.2, 0) is 14.9 Å². The first-order chi connectivity index (χ1) is 10.4. The van der Waals surface area contributed by atoms with E-state index in [1.807, 2.05) is 0 Å². The molecule has 2 aromatic carbocycles. The number of esters is 1. The molecule has 0 aliphatic carbocycles. The minimum absolute atomic E-state index is 0.0468. The van der Waals surface area contributed by atoms with E-state index >= 15 is 0 Å². The summed E-state index contributed by atoms with van der Waals surface area (Å²) in [6.07, 6.45) is 0. The molecular weight excluding hydrogens is 328 g/mol. The van der Waals surface area contributed by atoms with E-state index < -0.39 is 16.1 Å². The number of hydrogen-bond acceptors (Lipinski definition) is 5. The highest BCUT2D eigenvalue weighted by molar-refractivity contribution is 7.87. The van der Waals surface area contributed by atoms with Gasteiger partial charge in [0.1, 0.15) is 10.6 Å². The minimum Gasteiger partial charge on any atom is -0.462 e. The van der Waals surface area contributed by atoms with Crippen molar-refractivity contribution in [1.82, 2.24) is 0 Å². The smallest absolute Gasteiger partial charge is 0.339 e. The van der Waals surface area contributed by atoms with Crippen LogP contribution in [0.3, 0.4) is 0 Å². The topological polar surface area (TPSA) is 69.7 Å². The van der Waals surface area contributed by atoms with E-state index in [1.54, 1.807) is 13.0 Å². The molecule has 0 aromatic heterocycles. The van der Waals surface area contributed by atoms with E-state index in [1.165, 1.54) is 42.5 Å². The SMILES string of the molecule is CCOC(=O)c1ccc(OS(=O)(=O)c2cccc(Cl)c2)cc1. The predicted molar refractivity (Wildman–Crippen MR) is 81.7 cm³/mol. The van der Waals surface area contributed by atoms with Crippen LogP contribution in [0.5, 0.6) is 5.75 Å². The number of carbonyl (C=O) groups excluding carboxylic acids is 1. The molecular formula is C15H13ClO5S. The van der Waals surface area contributed by atoms with Crippen molar-refractivity contribution in [2.24, 2.45) is 0 Å². The number of hydrogen-bond donors (Lipinski definition) is 0. The molecule has 0 aliphatic heterocycles. The molecule has 5 nitrogen and oxygen atoms in total. The Labute approximate surface area is 133 Å². The second kappa shape index (κ2) is 6.81. The third-order valence-electron chi connectivity index (χ3n) is 2.66. The summed E-state index contributed by atoms with van der Waals surface area (Å²) in [7, 11) is -3.98. The Balaban J connectivity index is 2.18. The van der Waals surface area contributed by atoms with Gasteiger partial charge in [0.25, 0.3) is 0 Å². The summed E-state index contributed by atoms with van der Waals surface area (Å²) in [5.74, 6) is -0.389. The molecule has 0 fully saturated rings. The maximum Gasteiger partial charge on any atom is 0.339 e. The molecule has 0 radical (unpaired) electrons. The predicted octanol–water partition coefficient (Wildman–Crippen LogP) is 3.28. The molecule has 0 N–H and O–H groups in total. The minimum atomic E-state index is -3.98. The number of halogens is 1. The van der Waals surface area contributed by atoms with Crippen molar-refractivity contribution < 1.29 is 22.1 Å². The highest BCUT2D eigenvalue weighted by Gasteiger charge is 2.17. The van der Waals surface area contributed by atoms with Gasteiger partial charge in [0.2, 0.25) is 0 Å². The van der Waals surface area contributed by atoms with Crippen molar-refractivity contribution in [3.8, 4) is 5.75 Å². The van der Waals surface area contributed by atoms with Crippen LogP contribution in [0, 0.1) is 0 Å². The Hall–Kier alpha value is -2.05. The van der Waals surface area contributed by atoms with Crippen LogP contribution in [0.1, 0.15) is 17.3 Å². The van der Waals surface area contributed by atoms with Gasteiger partial charge in [-0.15, -0.1) is 0 Å². The molecule has 0 saturated carbocycles. The summed E-state index contributed by atoms with van der Waals surface area (Å²) in [4.78, 5) is 11.5. The monoisotopic (exact) mass is 340 g/mol. The fraction of sp³-hybridized carbons (Fsp3) is 0.133.